The van der Waals surface area contributed by atoms with Gasteiger partial charge >= 0.3 is 0 Å². The Bertz CT molecular complexity index is 875. The summed E-state index contributed by atoms with van der Waals surface area (Å²) in [5.74, 6) is 0.601. The minimum atomic E-state index is -0.268. The van der Waals surface area contributed by atoms with Crippen LogP contribution >= 0.6 is 0 Å². The van der Waals surface area contributed by atoms with Crippen LogP contribution in [0.2, 0.25) is 0 Å². The van der Waals surface area contributed by atoms with E-state index in [1.54, 1.807) is 14.2 Å². The van der Waals surface area contributed by atoms with Gasteiger partial charge in [0.2, 0.25) is 11.8 Å². The summed E-state index contributed by atoms with van der Waals surface area (Å²) in [6, 6.07) is 15.4. The van der Waals surface area contributed by atoms with E-state index < -0.39 is 0 Å². The summed E-state index contributed by atoms with van der Waals surface area (Å²) in [4.78, 5) is 31.2. The van der Waals surface area contributed by atoms with Gasteiger partial charge in [0.25, 0.3) is 0 Å². The van der Waals surface area contributed by atoms with Gasteiger partial charge in [-0.3, -0.25) is 14.5 Å². The second-order valence-electron chi connectivity index (χ2n) is 8.01. The van der Waals surface area contributed by atoms with Gasteiger partial charge in [-0.05, 0) is 50.2 Å². The summed E-state index contributed by atoms with van der Waals surface area (Å²) < 4.78 is 5.22. The Morgan fingerprint density at radius 1 is 1.03 bits per heavy atom. The number of amides is 2. The minimum Gasteiger partial charge on any atom is -0.497 e. The molecule has 1 aliphatic heterocycles. The van der Waals surface area contributed by atoms with E-state index in [1.165, 1.54) is 4.90 Å². The molecule has 1 aliphatic rings. The lowest BCUT2D eigenvalue weighted by molar-refractivity contribution is -0.137. The topological polar surface area (TPSA) is 65.1 Å². The predicted octanol–water partition coefficient (Wildman–Crippen LogP) is 2.61. The molecule has 7 heteroatoms. The summed E-state index contributed by atoms with van der Waals surface area (Å²) in [6.07, 6.45) is 0. The Balaban J connectivity index is 1.47. The van der Waals surface area contributed by atoms with Crippen molar-refractivity contribution < 1.29 is 14.3 Å². The summed E-state index contributed by atoms with van der Waals surface area (Å²) in [5, 5.41) is 2.84. The van der Waals surface area contributed by atoms with Crippen LogP contribution in [0.5, 0.6) is 5.75 Å². The minimum absolute atomic E-state index is 0.0306. The van der Waals surface area contributed by atoms with Gasteiger partial charge in [-0.2, -0.15) is 0 Å². The lowest BCUT2D eigenvalue weighted by atomic mass is 10.2. The Kier molecular flexibility index (Phi) is 7.52. The number of ether oxygens (including phenoxy) is 1. The van der Waals surface area contributed by atoms with E-state index in [2.05, 4.69) is 27.2 Å². The molecule has 0 radical (unpaired) electrons. The van der Waals surface area contributed by atoms with E-state index >= 15 is 0 Å². The van der Waals surface area contributed by atoms with Crippen LogP contribution in [0.4, 0.5) is 11.4 Å². The molecule has 1 N–H and O–H groups in total. The fourth-order valence-electron chi connectivity index (χ4n) is 3.77. The van der Waals surface area contributed by atoms with Crippen molar-refractivity contribution in [2.24, 2.45) is 0 Å². The number of benzene rings is 2. The maximum absolute atomic E-state index is 12.9. The van der Waals surface area contributed by atoms with Gasteiger partial charge < -0.3 is 19.9 Å². The van der Waals surface area contributed by atoms with Gasteiger partial charge in [0.15, 0.2) is 0 Å². The Hall–Kier alpha value is -3.06. The zero-order valence-electron chi connectivity index (χ0n) is 18.8. The van der Waals surface area contributed by atoms with Gasteiger partial charge in [0, 0.05) is 44.6 Å². The molecule has 31 heavy (non-hydrogen) atoms. The van der Waals surface area contributed by atoms with Gasteiger partial charge in [-0.1, -0.05) is 17.7 Å². The normalized spacial score (nSPS) is 15.3. The number of nitrogens with one attached hydrogen (secondary N) is 1. The highest BCUT2D eigenvalue weighted by molar-refractivity contribution is 5.95. The molecule has 1 atom stereocenters. The van der Waals surface area contributed by atoms with Crippen molar-refractivity contribution in [2.75, 3.05) is 57.1 Å². The number of methoxy groups -OCH3 is 1. The molecule has 1 heterocycles. The number of likely N-dealkylation sites (N-methyl/N-ethyl adjacent to an activating group) is 1. The average molecular weight is 425 g/mol. The van der Waals surface area contributed by atoms with Gasteiger partial charge in [0.05, 0.1) is 19.7 Å². The van der Waals surface area contributed by atoms with Crippen molar-refractivity contribution in [3.05, 3.63) is 54.1 Å². The molecule has 0 unspecified atom stereocenters. The standard InChI is InChI=1S/C24H32N4O3/c1-18-5-7-20(8-6-18)25-23(29)17-26(3)24(30)19(2)27-13-15-28(16-14-27)21-9-11-22(31-4)12-10-21/h5-12,19H,13-17H2,1-4H3,(H,25,29)/t19-/m1/s1. The van der Waals surface area contributed by atoms with E-state index in [0.29, 0.717) is 0 Å². The van der Waals surface area contributed by atoms with E-state index in [9.17, 15) is 9.59 Å². The van der Waals surface area contributed by atoms with Crippen LogP contribution in [0.1, 0.15) is 12.5 Å². The Morgan fingerprint density at radius 2 is 1.65 bits per heavy atom. The average Bonchev–Trinajstić information content (AvgIpc) is 2.79. The first-order chi connectivity index (χ1) is 14.9. The fourth-order valence-corrected chi connectivity index (χ4v) is 3.77. The van der Waals surface area contributed by atoms with Gasteiger partial charge in [0.1, 0.15) is 5.75 Å². The van der Waals surface area contributed by atoms with E-state index in [1.807, 2.05) is 50.2 Å². The van der Waals surface area contributed by atoms with Crippen molar-refractivity contribution in [3.63, 3.8) is 0 Å². The van der Waals surface area contributed by atoms with Crippen molar-refractivity contribution in [2.45, 2.75) is 19.9 Å². The smallest absolute Gasteiger partial charge is 0.243 e. The highest BCUT2D eigenvalue weighted by Gasteiger charge is 2.28. The maximum atomic E-state index is 12.9. The van der Waals surface area contributed by atoms with E-state index in [4.69, 9.17) is 4.74 Å². The highest BCUT2D eigenvalue weighted by Crippen LogP contribution is 2.21. The van der Waals surface area contributed by atoms with Crippen molar-refractivity contribution in [1.82, 2.24) is 9.80 Å². The van der Waals surface area contributed by atoms with Crippen LogP contribution in [0, 0.1) is 6.92 Å². The maximum Gasteiger partial charge on any atom is 0.243 e. The van der Waals surface area contributed by atoms with Crippen molar-refractivity contribution >= 4 is 23.2 Å². The first kappa shape index (κ1) is 22.6. The zero-order valence-corrected chi connectivity index (χ0v) is 18.8. The number of hydrogen-bond acceptors (Lipinski definition) is 5. The molecule has 0 aromatic heterocycles. The molecule has 2 aromatic carbocycles. The molecular formula is C24H32N4O3. The molecule has 1 fully saturated rings. The quantitative estimate of drug-likeness (QED) is 0.740. The summed E-state index contributed by atoms with van der Waals surface area (Å²) in [6.45, 7) is 7.23. The molecule has 0 bridgehead atoms. The number of rotatable bonds is 7. The molecule has 3 rings (SSSR count). The highest BCUT2D eigenvalue weighted by atomic mass is 16.5. The number of carbonyl (C=O) groups is 2. The van der Waals surface area contributed by atoms with Gasteiger partial charge in [-0.15, -0.1) is 0 Å². The van der Waals surface area contributed by atoms with Crippen LogP contribution in [0.15, 0.2) is 48.5 Å². The summed E-state index contributed by atoms with van der Waals surface area (Å²) >= 11 is 0. The Morgan fingerprint density at radius 3 is 2.23 bits per heavy atom. The fraction of sp³-hybridized carbons (Fsp3) is 0.417. The molecule has 0 saturated carbocycles. The molecule has 7 nitrogen and oxygen atoms in total. The first-order valence-corrected chi connectivity index (χ1v) is 10.6. The lowest BCUT2D eigenvalue weighted by Crippen LogP contribution is -2.54. The Labute approximate surface area is 184 Å². The lowest BCUT2D eigenvalue weighted by Gasteiger charge is -2.39. The number of aryl methyl sites for hydroxylation is 1. The van der Waals surface area contributed by atoms with E-state index in [0.717, 1.165) is 48.9 Å². The van der Waals surface area contributed by atoms with Crippen molar-refractivity contribution in [1.29, 1.82) is 0 Å². The SMILES string of the molecule is COc1ccc(N2CCN([C@H](C)C(=O)N(C)CC(=O)Nc3ccc(C)cc3)CC2)cc1. The number of hydrogen-bond donors (Lipinski definition) is 1. The largest absolute Gasteiger partial charge is 0.497 e. The van der Waals surface area contributed by atoms with E-state index in [-0.39, 0.29) is 24.4 Å². The molecule has 2 aromatic rings. The molecule has 1 saturated heterocycles. The summed E-state index contributed by atoms with van der Waals surface area (Å²) in [7, 11) is 3.34. The molecule has 2 amide bonds. The van der Waals surface area contributed by atoms with Crippen LogP contribution in [0.25, 0.3) is 0 Å². The third-order valence-electron chi connectivity index (χ3n) is 5.75. The second-order valence-corrected chi connectivity index (χ2v) is 8.01. The zero-order chi connectivity index (χ0) is 22.4. The van der Waals surface area contributed by atoms with Crippen LogP contribution in [-0.4, -0.2) is 74.5 Å². The third kappa shape index (κ3) is 5.98. The number of nitrogens with zero attached hydrogens (tertiary/aromatic N) is 3. The second kappa shape index (κ2) is 10.3. The third-order valence-corrected chi connectivity index (χ3v) is 5.75. The molecule has 0 spiro atoms. The summed E-state index contributed by atoms with van der Waals surface area (Å²) in [5.41, 5.74) is 3.02. The molecule has 0 aliphatic carbocycles. The number of piperazine rings is 1. The van der Waals surface area contributed by atoms with Crippen molar-refractivity contribution in [3.8, 4) is 5.75 Å². The molecular weight excluding hydrogens is 392 g/mol. The van der Waals surface area contributed by atoms with Gasteiger partial charge in [-0.25, -0.2) is 0 Å². The molecule has 166 valence electrons. The monoisotopic (exact) mass is 424 g/mol. The van der Waals surface area contributed by atoms with Crippen LogP contribution in [-0.2, 0) is 9.59 Å². The number of anilines is 2. The predicted molar refractivity (Wildman–Crippen MR) is 124 cm³/mol. The number of carbonyl (C=O) groups excluding carboxylic acids is 2. The van der Waals surface area contributed by atoms with Crippen LogP contribution < -0.4 is 15.0 Å². The van der Waals surface area contributed by atoms with Crippen LogP contribution in [0.3, 0.4) is 0 Å². The first-order valence-electron chi connectivity index (χ1n) is 10.6.